The number of nitrogens with one attached hydrogen (secondary N) is 3. The first-order valence-corrected chi connectivity index (χ1v) is 6.01. The van der Waals surface area contributed by atoms with Crippen LogP contribution in [0.3, 0.4) is 0 Å². The van der Waals surface area contributed by atoms with E-state index < -0.39 is 5.97 Å². The zero-order valence-electron chi connectivity index (χ0n) is 10.9. The predicted octanol–water partition coefficient (Wildman–Crippen LogP) is 0.751. The first-order valence-electron chi connectivity index (χ1n) is 6.01. The van der Waals surface area contributed by atoms with E-state index in [0.717, 1.165) is 0 Å². The highest BCUT2D eigenvalue weighted by Crippen LogP contribution is 2.21. The van der Waals surface area contributed by atoms with Crippen LogP contribution in [-0.4, -0.2) is 41.9 Å². The Morgan fingerprint density at radius 3 is 2.95 bits per heavy atom. The summed E-state index contributed by atoms with van der Waals surface area (Å²) in [7, 11) is 0. The molecule has 0 aliphatic rings. The molecule has 3 aromatic rings. The Hall–Kier alpha value is -3.74. The average Bonchev–Trinajstić information content (AvgIpc) is 3.16. The summed E-state index contributed by atoms with van der Waals surface area (Å²) in [6.07, 6.45) is 1.41. The van der Waals surface area contributed by atoms with Crippen LogP contribution in [0.5, 0.6) is 0 Å². The van der Waals surface area contributed by atoms with Gasteiger partial charge in [-0.25, -0.2) is 4.79 Å². The third-order valence-electron chi connectivity index (χ3n) is 2.86. The van der Waals surface area contributed by atoms with Gasteiger partial charge in [0.15, 0.2) is 5.69 Å². The lowest BCUT2D eigenvalue weighted by molar-refractivity contribution is 0.0692. The summed E-state index contributed by atoms with van der Waals surface area (Å²) in [5.41, 5.74) is 1.30. The number of hydrogen-bond acceptors (Lipinski definition) is 7. The fourth-order valence-corrected chi connectivity index (χ4v) is 1.85. The lowest BCUT2D eigenvalue weighted by atomic mass is 10.2. The minimum atomic E-state index is -1.12. The minimum Gasteiger partial charge on any atom is -0.476 e. The largest absolute Gasteiger partial charge is 0.476 e. The van der Waals surface area contributed by atoms with Crippen LogP contribution in [-0.2, 0) is 0 Å². The number of anilines is 1. The highest BCUT2D eigenvalue weighted by Gasteiger charge is 2.13. The molecule has 3 rings (SSSR count). The van der Waals surface area contributed by atoms with Gasteiger partial charge in [-0.15, -0.1) is 10.2 Å². The number of rotatable bonds is 4. The van der Waals surface area contributed by atoms with E-state index in [-0.39, 0.29) is 17.1 Å². The fraction of sp³-hybridized carbons (Fsp3) is 0. The molecule has 0 saturated carbocycles. The molecule has 22 heavy (non-hydrogen) atoms. The number of hydrogen-bond donors (Lipinski definition) is 4. The van der Waals surface area contributed by atoms with Crippen molar-refractivity contribution >= 4 is 28.1 Å². The van der Waals surface area contributed by atoms with Crippen LogP contribution >= 0.6 is 0 Å². The van der Waals surface area contributed by atoms with Gasteiger partial charge in [0.2, 0.25) is 5.82 Å². The summed E-state index contributed by atoms with van der Waals surface area (Å²) in [5, 5.41) is 40.9. The van der Waals surface area contributed by atoms with Crippen LogP contribution in [0.25, 0.3) is 16.5 Å². The maximum atomic E-state index is 11.1. The number of H-pyrrole nitrogens is 2. The van der Waals surface area contributed by atoms with Gasteiger partial charge >= 0.3 is 5.97 Å². The van der Waals surface area contributed by atoms with E-state index in [1.807, 2.05) is 6.07 Å². The zero-order chi connectivity index (χ0) is 15.5. The molecule has 108 valence electrons. The van der Waals surface area contributed by atoms with Crippen molar-refractivity contribution in [2.45, 2.75) is 0 Å². The monoisotopic (exact) mass is 296 g/mol. The van der Waals surface area contributed by atoms with Gasteiger partial charge in [0.1, 0.15) is 11.6 Å². The molecule has 10 nitrogen and oxygen atoms in total. The molecule has 0 saturated heterocycles. The van der Waals surface area contributed by atoms with E-state index in [2.05, 4.69) is 36.1 Å². The molecule has 0 spiro atoms. The van der Waals surface area contributed by atoms with Crippen LogP contribution in [0, 0.1) is 11.3 Å². The second kappa shape index (κ2) is 5.33. The molecule has 4 N–H and O–H groups in total. The van der Waals surface area contributed by atoms with E-state index in [9.17, 15) is 4.79 Å². The van der Waals surface area contributed by atoms with E-state index in [1.165, 1.54) is 6.20 Å². The maximum absolute atomic E-state index is 11.1. The highest BCUT2D eigenvalue weighted by atomic mass is 16.4. The fourth-order valence-electron chi connectivity index (χ4n) is 1.85. The number of carbonyl (C=O) groups is 1. The van der Waals surface area contributed by atoms with Crippen molar-refractivity contribution in [3.63, 3.8) is 0 Å². The summed E-state index contributed by atoms with van der Waals surface area (Å²) in [4.78, 5) is 11.1. The molecule has 1 aromatic carbocycles. The van der Waals surface area contributed by atoms with Crippen LogP contribution < -0.4 is 5.32 Å². The highest BCUT2D eigenvalue weighted by molar-refractivity contribution is 6.02. The Balaban J connectivity index is 1.92. The number of benzene rings is 1. The number of fused-ring (bicyclic) bond motifs is 1. The smallest absolute Gasteiger partial charge is 0.357 e. The lowest BCUT2D eigenvalue weighted by Crippen LogP contribution is -1.97. The number of carboxylic acid groups (broad SMARTS) is 1. The maximum Gasteiger partial charge on any atom is 0.357 e. The van der Waals surface area contributed by atoms with Gasteiger partial charge in [0.25, 0.3) is 0 Å². The van der Waals surface area contributed by atoms with Crippen molar-refractivity contribution in [2.24, 2.45) is 0 Å². The van der Waals surface area contributed by atoms with Crippen LogP contribution in [0.4, 0.5) is 5.69 Å². The number of allylic oxidation sites excluding steroid dienone is 1. The number of aromatic carboxylic acids is 1. The molecular weight excluding hydrogens is 288 g/mol. The van der Waals surface area contributed by atoms with E-state index >= 15 is 0 Å². The van der Waals surface area contributed by atoms with Gasteiger partial charge in [0.05, 0.1) is 5.52 Å². The van der Waals surface area contributed by atoms with Crippen molar-refractivity contribution in [1.29, 1.82) is 5.26 Å². The van der Waals surface area contributed by atoms with Gasteiger partial charge in [-0.05, 0) is 23.4 Å². The van der Waals surface area contributed by atoms with Crippen molar-refractivity contribution in [3.8, 4) is 6.07 Å². The van der Waals surface area contributed by atoms with Gasteiger partial charge in [0, 0.05) is 17.3 Å². The Labute approximate surface area is 122 Å². The number of aromatic amines is 2. The van der Waals surface area contributed by atoms with Crippen molar-refractivity contribution in [1.82, 2.24) is 30.8 Å². The summed E-state index contributed by atoms with van der Waals surface area (Å²) in [6, 6.07) is 6.95. The topological polar surface area (TPSA) is 156 Å². The van der Waals surface area contributed by atoms with Gasteiger partial charge in [-0.1, -0.05) is 0 Å². The molecule has 0 fully saturated rings. The van der Waals surface area contributed by atoms with E-state index in [4.69, 9.17) is 10.4 Å². The van der Waals surface area contributed by atoms with Gasteiger partial charge < -0.3 is 10.4 Å². The van der Waals surface area contributed by atoms with Crippen LogP contribution in [0.2, 0.25) is 0 Å². The molecule has 0 aliphatic heterocycles. The van der Waals surface area contributed by atoms with Crippen LogP contribution in [0.1, 0.15) is 16.3 Å². The summed E-state index contributed by atoms with van der Waals surface area (Å²) in [6.45, 7) is 0. The summed E-state index contributed by atoms with van der Waals surface area (Å²) >= 11 is 0. The Kier molecular flexibility index (Phi) is 3.21. The third-order valence-corrected chi connectivity index (χ3v) is 2.86. The molecule has 0 aliphatic carbocycles. The molecule has 0 bridgehead atoms. The summed E-state index contributed by atoms with van der Waals surface area (Å²) < 4.78 is 0. The third kappa shape index (κ3) is 2.34. The molecule has 0 atom stereocenters. The van der Waals surface area contributed by atoms with E-state index in [0.29, 0.717) is 16.6 Å². The Morgan fingerprint density at radius 1 is 1.41 bits per heavy atom. The van der Waals surface area contributed by atoms with Gasteiger partial charge in [-0.3, -0.25) is 5.10 Å². The quantitative estimate of drug-likeness (QED) is 0.514. The second-order valence-electron chi connectivity index (χ2n) is 4.19. The number of nitrogens with zero attached hydrogens (tertiary/aromatic N) is 5. The second-order valence-corrected chi connectivity index (χ2v) is 4.19. The number of carboxylic acids is 1. The summed E-state index contributed by atoms with van der Waals surface area (Å²) in [5.74, 6) is -0.964. The predicted molar refractivity (Wildman–Crippen MR) is 74.4 cm³/mol. The SMILES string of the molecule is N#CC(=CNc1ccc2[nH]nc(C(=O)O)c2c1)c1nn[nH]n1. The zero-order valence-corrected chi connectivity index (χ0v) is 10.9. The first-order chi connectivity index (χ1) is 10.7. The average molecular weight is 296 g/mol. The molecule has 0 radical (unpaired) electrons. The van der Waals surface area contributed by atoms with Gasteiger partial charge in [-0.2, -0.15) is 15.6 Å². The Bertz CT molecular complexity index is 903. The lowest BCUT2D eigenvalue weighted by Gasteiger charge is -2.01. The number of aromatic nitrogens is 6. The standard InChI is InChI=1S/C12H8N8O2/c13-4-6(11-17-19-20-18-11)5-14-7-1-2-9-8(3-7)10(12(21)22)16-15-9/h1-3,5,14H,(H,15,16)(H,21,22)(H,17,18,19,20). The number of nitriles is 1. The van der Waals surface area contributed by atoms with Crippen molar-refractivity contribution in [3.05, 3.63) is 35.9 Å². The first kappa shape index (κ1) is 13.3. The van der Waals surface area contributed by atoms with Crippen molar-refractivity contribution in [2.75, 3.05) is 5.32 Å². The minimum absolute atomic E-state index is 0.0682. The van der Waals surface area contributed by atoms with Crippen molar-refractivity contribution < 1.29 is 9.90 Å². The molecule has 10 heteroatoms. The molecule has 0 amide bonds. The number of tetrazole rings is 1. The normalized spacial score (nSPS) is 11.3. The molecular formula is C12H8N8O2. The van der Waals surface area contributed by atoms with Crippen LogP contribution in [0.15, 0.2) is 24.4 Å². The molecule has 2 heterocycles. The Morgan fingerprint density at radius 2 is 2.27 bits per heavy atom. The van der Waals surface area contributed by atoms with E-state index in [1.54, 1.807) is 18.2 Å². The molecule has 2 aromatic heterocycles. The molecule has 0 unspecified atom stereocenters.